The number of aromatic nitrogens is 2. The smallest absolute Gasteiger partial charge is 0.189 e. The van der Waals surface area contributed by atoms with E-state index in [1.54, 1.807) is 6.20 Å². The van der Waals surface area contributed by atoms with E-state index in [1.165, 1.54) is 11.8 Å². The molecule has 2 rings (SSSR count). The van der Waals surface area contributed by atoms with Gasteiger partial charge in [-0.1, -0.05) is 42.1 Å². The van der Waals surface area contributed by atoms with Crippen LogP contribution in [0.25, 0.3) is 0 Å². The van der Waals surface area contributed by atoms with Crippen molar-refractivity contribution in [2.45, 2.75) is 11.2 Å². The molecular weight excluding hydrogens is 244 g/mol. The molecule has 1 atom stereocenters. The van der Waals surface area contributed by atoms with Gasteiger partial charge >= 0.3 is 0 Å². The van der Waals surface area contributed by atoms with Crippen molar-refractivity contribution in [3.05, 3.63) is 47.7 Å². The Kier molecular flexibility index (Phi) is 4.17. The zero-order valence-corrected chi connectivity index (χ0v) is 11.2. The minimum Gasteiger partial charge on any atom is -0.373 e. The van der Waals surface area contributed by atoms with Crippen molar-refractivity contribution in [2.75, 3.05) is 18.6 Å². The monoisotopic (exact) mass is 260 g/mol. The summed E-state index contributed by atoms with van der Waals surface area (Å²) in [6.07, 6.45) is 3.74. The molecule has 4 nitrogen and oxygen atoms in total. The molecule has 0 amide bonds. The zero-order chi connectivity index (χ0) is 13.0. The number of nitrogens with zero attached hydrogens (tertiary/aromatic N) is 2. The van der Waals surface area contributed by atoms with Crippen molar-refractivity contribution >= 4 is 17.6 Å². The fraction of sp³-hybridized carbons (Fsp3) is 0.231. The zero-order valence-electron chi connectivity index (χ0n) is 10.4. The summed E-state index contributed by atoms with van der Waals surface area (Å²) in [5.74, 6) is 0.783. The second-order valence-electron chi connectivity index (χ2n) is 3.80. The summed E-state index contributed by atoms with van der Waals surface area (Å²) in [7, 11) is 1.84. The molecule has 1 heterocycles. The summed E-state index contributed by atoms with van der Waals surface area (Å²) < 4.78 is 0. The van der Waals surface area contributed by atoms with Crippen LogP contribution >= 0.6 is 11.8 Å². The van der Waals surface area contributed by atoms with E-state index < -0.39 is 0 Å². The number of nitrogens with two attached hydrogens (primary N) is 1. The molecule has 0 bridgehead atoms. The molecule has 1 aromatic heterocycles. The quantitative estimate of drug-likeness (QED) is 0.652. The molecule has 0 aliphatic carbocycles. The maximum Gasteiger partial charge on any atom is 0.189 e. The molecule has 5 heteroatoms. The third kappa shape index (κ3) is 2.63. The van der Waals surface area contributed by atoms with E-state index in [-0.39, 0.29) is 6.04 Å². The third-order valence-corrected chi connectivity index (χ3v) is 3.27. The van der Waals surface area contributed by atoms with Gasteiger partial charge in [0, 0.05) is 18.8 Å². The first-order chi connectivity index (χ1) is 8.76. The lowest BCUT2D eigenvalue weighted by molar-refractivity contribution is 0.830. The summed E-state index contributed by atoms with van der Waals surface area (Å²) in [4.78, 5) is 8.70. The van der Waals surface area contributed by atoms with E-state index in [1.807, 2.05) is 43.6 Å². The van der Waals surface area contributed by atoms with Gasteiger partial charge in [0.25, 0.3) is 0 Å². The number of thioether (sulfide) groups is 1. The Labute approximate surface area is 111 Å². The molecule has 0 aliphatic rings. The van der Waals surface area contributed by atoms with Crippen molar-refractivity contribution in [3.8, 4) is 0 Å². The highest BCUT2D eigenvalue weighted by molar-refractivity contribution is 7.98. The highest BCUT2D eigenvalue weighted by Gasteiger charge is 2.14. The number of hydrogen-bond donors (Lipinski definition) is 2. The molecule has 0 aliphatic heterocycles. The van der Waals surface area contributed by atoms with Gasteiger partial charge in [-0.2, -0.15) is 0 Å². The Morgan fingerprint density at radius 2 is 2.00 bits per heavy atom. The number of hydrogen-bond acceptors (Lipinski definition) is 5. The van der Waals surface area contributed by atoms with Crippen LogP contribution in [-0.2, 0) is 0 Å². The summed E-state index contributed by atoms with van der Waals surface area (Å²) in [6, 6.07) is 9.72. The molecule has 0 saturated carbocycles. The average molecular weight is 260 g/mol. The Hall–Kier alpha value is -1.59. The maximum atomic E-state index is 6.26. The molecule has 0 fully saturated rings. The molecule has 18 heavy (non-hydrogen) atoms. The van der Waals surface area contributed by atoms with Crippen LogP contribution in [0.15, 0.2) is 41.7 Å². The average Bonchev–Trinajstić information content (AvgIpc) is 2.46. The Morgan fingerprint density at radius 1 is 1.28 bits per heavy atom. The molecule has 2 aromatic rings. The van der Waals surface area contributed by atoms with Crippen LogP contribution in [0.5, 0.6) is 0 Å². The van der Waals surface area contributed by atoms with E-state index in [4.69, 9.17) is 5.73 Å². The number of nitrogens with one attached hydrogen (secondary N) is 1. The maximum absolute atomic E-state index is 6.26. The van der Waals surface area contributed by atoms with Gasteiger partial charge in [-0.25, -0.2) is 9.97 Å². The van der Waals surface area contributed by atoms with Crippen LogP contribution in [0.2, 0.25) is 0 Å². The molecule has 94 valence electrons. The minimum atomic E-state index is -0.218. The van der Waals surface area contributed by atoms with Gasteiger partial charge in [-0.3, -0.25) is 0 Å². The van der Waals surface area contributed by atoms with Crippen LogP contribution in [0, 0.1) is 0 Å². The minimum absolute atomic E-state index is 0.218. The molecule has 0 radical (unpaired) electrons. The Morgan fingerprint density at radius 3 is 2.61 bits per heavy atom. The second kappa shape index (κ2) is 5.84. The lowest BCUT2D eigenvalue weighted by Gasteiger charge is -2.15. The number of anilines is 1. The van der Waals surface area contributed by atoms with Gasteiger partial charge < -0.3 is 11.1 Å². The highest BCUT2D eigenvalue weighted by atomic mass is 32.2. The van der Waals surface area contributed by atoms with Crippen LogP contribution in [0.3, 0.4) is 0 Å². The van der Waals surface area contributed by atoms with E-state index in [0.717, 1.165) is 22.1 Å². The van der Waals surface area contributed by atoms with E-state index in [0.29, 0.717) is 0 Å². The summed E-state index contributed by atoms with van der Waals surface area (Å²) >= 11 is 1.51. The van der Waals surface area contributed by atoms with Crippen molar-refractivity contribution < 1.29 is 0 Å². The SMILES string of the molecule is CNc1nc(SC)ncc1C(N)c1ccccc1. The topological polar surface area (TPSA) is 63.8 Å². The van der Waals surface area contributed by atoms with E-state index in [2.05, 4.69) is 15.3 Å². The lowest BCUT2D eigenvalue weighted by Crippen LogP contribution is -2.15. The molecule has 0 saturated heterocycles. The largest absolute Gasteiger partial charge is 0.373 e. The van der Waals surface area contributed by atoms with E-state index in [9.17, 15) is 0 Å². The van der Waals surface area contributed by atoms with Gasteiger partial charge in [-0.05, 0) is 11.8 Å². The van der Waals surface area contributed by atoms with Crippen molar-refractivity contribution in [1.29, 1.82) is 0 Å². The van der Waals surface area contributed by atoms with E-state index >= 15 is 0 Å². The first kappa shape index (κ1) is 12.9. The van der Waals surface area contributed by atoms with Gasteiger partial charge in [-0.15, -0.1) is 0 Å². The summed E-state index contributed by atoms with van der Waals surface area (Å²) in [5, 5.41) is 3.82. The van der Waals surface area contributed by atoms with Crippen molar-refractivity contribution in [1.82, 2.24) is 9.97 Å². The van der Waals surface area contributed by atoms with Crippen LogP contribution in [0.1, 0.15) is 17.2 Å². The fourth-order valence-electron chi connectivity index (χ4n) is 1.74. The van der Waals surface area contributed by atoms with Crippen LogP contribution in [-0.4, -0.2) is 23.3 Å². The van der Waals surface area contributed by atoms with Crippen LogP contribution < -0.4 is 11.1 Å². The second-order valence-corrected chi connectivity index (χ2v) is 4.57. The Balaban J connectivity index is 2.38. The first-order valence-corrected chi connectivity index (χ1v) is 6.88. The normalized spacial score (nSPS) is 12.2. The predicted octanol–water partition coefficient (Wildman–Crippen LogP) is 2.29. The standard InChI is InChI=1S/C13H16N4S/c1-15-12-10(8-16-13(17-12)18-2)11(14)9-6-4-3-5-7-9/h3-8,11H,14H2,1-2H3,(H,15,16,17). The predicted molar refractivity (Wildman–Crippen MR) is 75.8 cm³/mol. The van der Waals surface area contributed by atoms with Gasteiger partial charge in [0.15, 0.2) is 5.16 Å². The molecule has 1 aromatic carbocycles. The van der Waals surface area contributed by atoms with Gasteiger partial charge in [0.1, 0.15) is 5.82 Å². The highest BCUT2D eigenvalue weighted by Crippen LogP contribution is 2.25. The van der Waals surface area contributed by atoms with Crippen LogP contribution in [0.4, 0.5) is 5.82 Å². The van der Waals surface area contributed by atoms with Gasteiger partial charge in [0.05, 0.1) is 6.04 Å². The molecule has 3 N–H and O–H groups in total. The van der Waals surface area contributed by atoms with Crippen molar-refractivity contribution in [2.24, 2.45) is 5.73 Å². The molecule has 1 unspecified atom stereocenters. The van der Waals surface area contributed by atoms with Crippen molar-refractivity contribution in [3.63, 3.8) is 0 Å². The number of rotatable bonds is 4. The van der Waals surface area contributed by atoms with Gasteiger partial charge in [0.2, 0.25) is 0 Å². The Bertz CT molecular complexity index is 516. The summed E-state index contributed by atoms with van der Waals surface area (Å²) in [5.41, 5.74) is 8.21. The number of benzene rings is 1. The fourth-order valence-corrected chi connectivity index (χ4v) is 2.08. The first-order valence-electron chi connectivity index (χ1n) is 5.65. The molecule has 0 spiro atoms. The lowest BCUT2D eigenvalue weighted by atomic mass is 10.0. The third-order valence-electron chi connectivity index (χ3n) is 2.71. The summed E-state index contributed by atoms with van der Waals surface area (Å²) in [6.45, 7) is 0. The molecular formula is C13H16N4S.